The molecule has 4 nitrogen and oxygen atoms in total. The van der Waals surface area contributed by atoms with Gasteiger partial charge in [0.05, 0.1) is 0 Å². The van der Waals surface area contributed by atoms with Crippen molar-refractivity contribution in [1.29, 1.82) is 0 Å². The zero-order chi connectivity index (χ0) is 11.7. The number of halogens is 1. The summed E-state index contributed by atoms with van der Waals surface area (Å²) >= 11 is 3.43. The minimum absolute atomic E-state index is 0.713. The lowest BCUT2D eigenvalue weighted by Gasteiger charge is -2.08. The topological polar surface area (TPSA) is 56.7 Å². The van der Waals surface area contributed by atoms with E-state index in [4.69, 9.17) is 5.73 Å². The fourth-order valence-electron chi connectivity index (χ4n) is 1.68. The van der Waals surface area contributed by atoms with Crippen LogP contribution in [0.4, 0.5) is 5.69 Å². The van der Waals surface area contributed by atoms with Crippen molar-refractivity contribution in [2.24, 2.45) is 0 Å². The van der Waals surface area contributed by atoms with Crippen molar-refractivity contribution in [2.75, 3.05) is 5.73 Å². The van der Waals surface area contributed by atoms with Gasteiger partial charge in [-0.1, -0.05) is 15.9 Å². The van der Waals surface area contributed by atoms with Gasteiger partial charge in [0.15, 0.2) is 5.82 Å². The van der Waals surface area contributed by atoms with Gasteiger partial charge in [0.2, 0.25) is 0 Å². The first-order chi connectivity index (χ1) is 7.63. The summed E-state index contributed by atoms with van der Waals surface area (Å²) in [6.07, 6.45) is 0. The summed E-state index contributed by atoms with van der Waals surface area (Å²) < 4.78 is 3.03. The Morgan fingerprint density at radius 1 is 1.38 bits per heavy atom. The second-order valence-corrected chi connectivity index (χ2v) is 4.46. The van der Waals surface area contributed by atoms with E-state index in [2.05, 4.69) is 33.1 Å². The highest BCUT2D eigenvalue weighted by Crippen LogP contribution is 2.28. The van der Waals surface area contributed by atoms with Gasteiger partial charge in [-0.25, -0.2) is 0 Å². The molecular weight excluding hydrogens is 268 g/mol. The molecule has 1 heterocycles. The highest BCUT2D eigenvalue weighted by molar-refractivity contribution is 9.10. The molecule has 0 unspecified atom stereocenters. The Bertz CT molecular complexity index is 519. The van der Waals surface area contributed by atoms with Gasteiger partial charge in [0, 0.05) is 22.3 Å². The maximum absolute atomic E-state index is 5.95. The smallest absolute Gasteiger partial charge is 0.166 e. The Balaban J connectivity index is 2.62. The van der Waals surface area contributed by atoms with Crippen LogP contribution in [0.5, 0.6) is 0 Å². The monoisotopic (exact) mass is 280 g/mol. The van der Waals surface area contributed by atoms with Crippen LogP contribution < -0.4 is 5.73 Å². The Morgan fingerprint density at radius 3 is 2.81 bits per heavy atom. The molecule has 0 radical (unpaired) electrons. The van der Waals surface area contributed by atoms with E-state index < -0.39 is 0 Å². The number of aryl methyl sites for hydroxylation is 1. The molecule has 0 spiro atoms. The summed E-state index contributed by atoms with van der Waals surface area (Å²) in [5, 5.41) is 8.25. The van der Waals surface area contributed by atoms with Crippen LogP contribution in [0.1, 0.15) is 12.7 Å². The third-order valence-electron chi connectivity index (χ3n) is 2.51. The molecule has 1 aromatic heterocycles. The molecule has 0 bridgehead atoms. The molecule has 0 saturated carbocycles. The highest BCUT2D eigenvalue weighted by Gasteiger charge is 2.12. The normalized spacial score (nSPS) is 10.7. The lowest BCUT2D eigenvalue weighted by atomic mass is 10.1. The number of benzene rings is 1. The van der Waals surface area contributed by atoms with Crippen molar-refractivity contribution in [3.8, 4) is 11.4 Å². The number of hydrogen-bond donors (Lipinski definition) is 1. The Labute approximate surface area is 103 Å². The third kappa shape index (κ3) is 1.82. The number of aromatic nitrogens is 3. The molecule has 16 heavy (non-hydrogen) atoms. The lowest BCUT2D eigenvalue weighted by molar-refractivity contribution is 0.737. The molecule has 0 saturated heterocycles. The van der Waals surface area contributed by atoms with Crippen molar-refractivity contribution in [1.82, 2.24) is 14.8 Å². The summed E-state index contributed by atoms with van der Waals surface area (Å²) in [5.41, 5.74) is 7.58. The minimum Gasteiger partial charge on any atom is -0.398 e. The van der Waals surface area contributed by atoms with Gasteiger partial charge >= 0.3 is 0 Å². The van der Waals surface area contributed by atoms with Gasteiger partial charge in [-0.05, 0) is 32.0 Å². The van der Waals surface area contributed by atoms with Crippen LogP contribution in [0, 0.1) is 6.92 Å². The predicted octanol–water partition coefficient (Wildman–Crippen LogP) is 2.62. The van der Waals surface area contributed by atoms with E-state index >= 15 is 0 Å². The third-order valence-corrected chi connectivity index (χ3v) is 3.00. The maximum Gasteiger partial charge on any atom is 0.166 e. The molecule has 2 N–H and O–H groups in total. The van der Waals surface area contributed by atoms with Gasteiger partial charge in [-0.2, -0.15) is 0 Å². The standard InChI is InChI=1S/C11H13BrN4/c1-3-16-7(2)14-15-11(16)9-6-8(12)4-5-10(9)13/h4-6H,3,13H2,1-2H3. The molecule has 0 amide bonds. The van der Waals surface area contributed by atoms with Crippen molar-refractivity contribution in [2.45, 2.75) is 20.4 Å². The van der Waals surface area contributed by atoms with Gasteiger partial charge in [0.25, 0.3) is 0 Å². The van der Waals surface area contributed by atoms with E-state index in [1.165, 1.54) is 0 Å². The molecule has 84 valence electrons. The number of nitrogens with zero attached hydrogens (tertiary/aromatic N) is 3. The first-order valence-corrected chi connectivity index (χ1v) is 5.88. The number of hydrogen-bond acceptors (Lipinski definition) is 3. The summed E-state index contributed by atoms with van der Waals surface area (Å²) in [6.45, 7) is 4.84. The van der Waals surface area contributed by atoms with E-state index in [9.17, 15) is 0 Å². The highest BCUT2D eigenvalue weighted by atomic mass is 79.9. The number of nitrogens with two attached hydrogens (primary N) is 1. The van der Waals surface area contributed by atoms with Crippen LogP contribution >= 0.6 is 15.9 Å². The predicted molar refractivity (Wildman–Crippen MR) is 68.0 cm³/mol. The van der Waals surface area contributed by atoms with E-state index in [0.717, 1.165) is 28.2 Å². The largest absolute Gasteiger partial charge is 0.398 e. The van der Waals surface area contributed by atoms with Crippen LogP contribution in [0.3, 0.4) is 0 Å². The van der Waals surface area contributed by atoms with E-state index in [0.29, 0.717) is 5.69 Å². The van der Waals surface area contributed by atoms with Crippen LogP contribution in [-0.4, -0.2) is 14.8 Å². The van der Waals surface area contributed by atoms with Crippen LogP contribution in [0.25, 0.3) is 11.4 Å². The van der Waals surface area contributed by atoms with Gasteiger partial charge in [0.1, 0.15) is 5.82 Å². The zero-order valence-electron chi connectivity index (χ0n) is 9.24. The number of rotatable bonds is 2. The second-order valence-electron chi connectivity index (χ2n) is 3.55. The van der Waals surface area contributed by atoms with E-state index in [1.54, 1.807) is 0 Å². The Kier molecular flexibility index (Phi) is 2.96. The molecule has 0 fully saturated rings. The molecule has 5 heteroatoms. The Hall–Kier alpha value is -1.36. The summed E-state index contributed by atoms with van der Waals surface area (Å²) in [7, 11) is 0. The van der Waals surface area contributed by atoms with Crippen molar-refractivity contribution in [3.63, 3.8) is 0 Å². The molecule has 0 aliphatic rings. The summed E-state index contributed by atoms with van der Waals surface area (Å²) in [4.78, 5) is 0. The molecule has 0 atom stereocenters. The average molecular weight is 281 g/mol. The molecular formula is C11H13BrN4. The molecule has 2 rings (SSSR count). The molecule has 0 aliphatic heterocycles. The lowest BCUT2D eigenvalue weighted by Crippen LogP contribution is -2.01. The minimum atomic E-state index is 0.713. The first-order valence-electron chi connectivity index (χ1n) is 5.08. The van der Waals surface area contributed by atoms with Crippen molar-refractivity contribution in [3.05, 3.63) is 28.5 Å². The van der Waals surface area contributed by atoms with Crippen LogP contribution in [0.15, 0.2) is 22.7 Å². The fraction of sp³-hybridized carbons (Fsp3) is 0.273. The van der Waals surface area contributed by atoms with Crippen LogP contribution in [-0.2, 0) is 6.54 Å². The quantitative estimate of drug-likeness (QED) is 0.861. The second kappa shape index (κ2) is 4.25. The zero-order valence-corrected chi connectivity index (χ0v) is 10.8. The maximum atomic E-state index is 5.95. The van der Waals surface area contributed by atoms with E-state index in [1.807, 2.05) is 29.7 Å². The van der Waals surface area contributed by atoms with Crippen LogP contribution in [0.2, 0.25) is 0 Å². The molecule has 0 aliphatic carbocycles. The Morgan fingerprint density at radius 2 is 2.12 bits per heavy atom. The molecule has 1 aromatic carbocycles. The van der Waals surface area contributed by atoms with Gasteiger partial charge in [-0.15, -0.1) is 10.2 Å². The van der Waals surface area contributed by atoms with Crippen molar-refractivity contribution < 1.29 is 0 Å². The number of anilines is 1. The molecule has 2 aromatic rings. The summed E-state index contributed by atoms with van der Waals surface area (Å²) in [6, 6.07) is 5.74. The summed E-state index contributed by atoms with van der Waals surface area (Å²) in [5.74, 6) is 1.72. The van der Waals surface area contributed by atoms with E-state index in [-0.39, 0.29) is 0 Å². The average Bonchev–Trinajstić information content (AvgIpc) is 2.63. The van der Waals surface area contributed by atoms with Crippen molar-refractivity contribution >= 4 is 21.6 Å². The number of nitrogen functional groups attached to an aromatic ring is 1. The fourth-order valence-corrected chi connectivity index (χ4v) is 2.04. The van der Waals surface area contributed by atoms with Gasteiger partial charge in [-0.3, -0.25) is 0 Å². The first kappa shape index (κ1) is 11.1. The SMILES string of the molecule is CCn1c(C)nnc1-c1cc(Br)ccc1N. The van der Waals surface area contributed by atoms with Gasteiger partial charge < -0.3 is 10.3 Å².